The Labute approximate surface area is 121 Å². The van der Waals surface area contributed by atoms with E-state index in [1.54, 1.807) is 13.2 Å². The molecule has 2 rings (SSSR count). The van der Waals surface area contributed by atoms with Crippen molar-refractivity contribution in [1.82, 2.24) is 5.32 Å². The average molecular weight is 279 g/mol. The normalized spacial score (nSPS) is 19.2. The second kappa shape index (κ2) is 6.68. The molecular formula is C17H26FNO. The Kier molecular flexibility index (Phi) is 5.17. The lowest BCUT2D eigenvalue weighted by Gasteiger charge is -2.38. The third-order valence-corrected chi connectivity index (χ3v) is 4.53. The molecule has 112 valence electrons. The zero-order valence-electron chi connectivity index (χ0n) is 12.8. The molecule has 1 aliphatic rings. The molecule has 0 aromatic heterocycles. The fourth-order valence-corrected chi connectivity index (χ4v) is 3.37. The Bertz CT molecular complexity index is 441. The lowest BCUT2D eigenvalue weighted by Crippen LogP contribution is -2.44. The number of halogens is 1. The van der Waals surface area contributed by atoms with Crippen LogP contribution >= 0.6 is 0 Å². The maximum absolute atomic E-state index is 13.7. The first kappa shape index (κ1) is 15.5. The molecule has 1 unspecified atom stereocenters. The fourth-order valence-electron chi connectivity index (χ4n) is 3.37. The summed E-state index contributed by atoms with van der Waals surface area (Å²) in [7, 11) is 1.79. The van der Waals surface area contributed by atoms with Crippen LogP contribution in [0.25, 0.3) is 0 Å². The Balaban J connectivity index is 2.38. The van der Waals surface area contributed by atoms with Crippen LogP contribution in [-0.4, -0.2) is 19.3 Å². The molecule has 0 heterocycles. The lowest BCUT2D eigenvalue weighted by molar-refractivity contribution is -0.0369. The van der Waals surface area contributed by atoms with Gasteiger partial charge in [0.05, 0.1) is 11.6 Å². The van der Waals surface area contributed by atoms with E-state index in [0.717, 1.165) is 36.9 Å². The van der Waals surface area contributed by atoms with Crippen LogP contribution in [0, 0.1) is 12.7 Å². The van der Waals surface area contributed by atoms with E-state index in [4.69, 9.17) is 4.74 Å². The van der Waals surface area contributed by atoms with Crippen LogP contribution in [0.3, 0.4) is 0 Å². The summed E-state index contributed by atoms with van der Waals surface area (Å²) in [6.07, 6.45) is 5.52. The van der Waals surface area contributed by atoms with Gasteiger partial charge in [-0.1, -0.05) is 25.8 Å². The third-order valence-electron chi connectivity index (χ3n) is 4.53. The van der Waals surface area contributed by atoms with Crippen LogP contribution in [0.4, 0.5) is 4.39 Å². The fraction of sp³-hybridized carbons (Fsp3) is 0.647. The van der Waals surface area contributed by atoms with Crippen molar-refractivity contribution in [1.29, 1.82) is 0 Å². The zero-order chi connectivity index (χ0) is 14.6. The molecule has 1 fully saturated rings. The smallest absolute Gasteiger partial charge is 0.123 e. The number of methoxy groups -OCH3 is 1. The van der Waals surface area contributed by atoms with Gasteiger partial charge in [-0.3, -0.25) is 0 Å². The van der Waals surface area contributed by atoms with Crippen LogP contribution in [0.2, 0.25) is 0 Å². The Morgan fingerprint density at radius 2 is 2.05 bits per heavy atom. The number of hydrogen-bond donors (Lipinski definition) is 1. The first-order valence-corrected chi connectivity index (χ1v) is 7.67. The lowest BCUT2D eigenvalue weighted by atomic mass is 9.84. The number of aryl methyl sites for hydroxylation is 1. The predicted molar refractivity (Wildman–Crippen MR) is 80.4 cm³/mol. The van der Waals surface area contributed by atoms with Crippen molar-refractivity contribution >= 4 is 0 Å². The van der Waals surface area contributed by atoms with Crippen molar-refractivity contribution in [3.05, 3.63) is 35.1 Å². The van der Waals surface area contributed by atoms with Crippen molar-refractivity contribution in [3.63, 3.8) is 0 Å². The highest BCUT2D eigenvalue weighted by Gasteiger charge is 2.42. The van der Waals surface area contributed by atoms with Gasteiger partial charge in [-0.05, 0) is 56.0 Å². The molecule has 2 nitrogen and oxygen atoms in total. The minimum Gasteiger partial charge on any atom is -0.376 e. The molecule has 0 radical (unpaired) electrons. The molecule has 0 spiro atoms. The van der Waals surface area contributed by atoms with Gasteiger partial charge in [-0.15, -0.1) is 0 Å². The van der Waals surface area contributed by atoms with Gasteiger partial charge in [0.2, 0.25) is 0 Å². The van der Waals surface area contributed by atoms with Crippen LogP contribution in [0.5, 0.6) is 0 Å². The molecule has 0 bridgehead atoms. The number of nitrogens with one attached hydrogen (secondary N) is 1. The third kappa shape index (κ3) is 3.04. The van der Waals surface area contributed by atoms with Crippen molar-refractivity contribution in [2.24, 2.45) is 0 Å². The Hall–Kier alpha value is -0.930. The minimum atomic E-state index is -0.187. The summed E-state index contributed by atoms with van der Waals surface area (Å²) in [6.45, 7) is 5.12. The molecule has 1 N–H and O–H groups in total. The molecule has 3 heteroatoms. The van der Waals surface area contributed by atoms with Crippen LogP contribution in [0.15, 0.2) is 18.2 Å². The Morgan fingerprint density at radius 1 is 1.35 bits per heavy atom. The molecule has 20 heavy (non-hydrogen) atoms. The van der Waals surface area contributed by atoms with Gasteiger partial charge in [0.25, 0.3) is 0 Å². The molecule has 1 aromatic rings. The minimum absolute atomic E-state index is 0.0747. The Morgan fingerprint density at radius 3 is 2.65 bits per heavy atom. The summed E-state index contributed by atoms with van der Waals surface area (Å²) < 4.78 is 19.6. The number of ether oxygens (including phenoxy) is 1. The quantitative estimate of drug-likeness (QED) is 0.845. The first-order valence-electron chi connectivity index (χ1n) is 7.67. The van der Waals surface area contributed by atoms with Gasteiger partial charge in [-0.25, -0.2) is 4.39 Å². The van der Waals surface area contributed by atoms with E-state index in [0.29, 0.717) is 0 Å². The molecule has 0 aliphatic heterocycles. The van der Waals surface area contributed by atoms with E-state index < -0.39 is 0 Å². The van der Waals surface area contributed by atoms with Gasteiger partial charge in [0.15, 0.2) is 0 Å². The van der Waals surface area contributed by atoms with E-state index in [-0.39, 0.29) is 17.5 Å². The van der Waals surface area contributed by atoms with Gasteiger partial charge in [0.1, 0.15) is 5.82 Å². The topological polar surface area (TPSA) is 21.3 Å². The van der Waals surface area contributed by atoms with Gasteiger partial charge in [-0.2, -0.15) is 0 Å². The summed E-state index contributed by atoms with van der Waals surface area (Å²) in [6, 6.07) is 5.14. The summed E-state index contributed by atoms with van der Waals surface area (Å²) in [5.41, 5.74) is 1.99. The summed E-state index contributed by atoms with van der Waals surface area (Å²) in [5, 5.41) is 3.60. The van der Waals surface area contributed by atoms with Gasteiger partial charge in [0, 0.05) is 7.11 Å². The number of hydrogen-bond acceptors (Lipinski definition) is 2. The molecule has 1 saturated carbocycles. The van der Waals surface area contributed by atoms with Crippen molar-refractivity contribution in [3.8, 4) is 0 Å². The van der Waals surface area contributed by atoms with E-state index in [1.807, 2.05) is 13.0 Å². The SMILES string of the molecule is CCCNC(c1cc(F)ccc1C)C1(OC)CCCC1. The van der Waals surface area contributed by atoms with E-state index in [9.17, 15) is 4.39 Å². The predicted octanol–water partition coefficient (Wildman–Crippen LogP) is 4.13. The van der Waals surface area contributed by atoms with E-state index in [1.165, 1.54) is 18.9 Å². The number of benzene rings is 1. The van der Waals surface area contributed by atoms with Crippen molar-refractivity contribution < 1.29 is 9.13 Å². The van der Waals surface area contributed by atoms with Gasteiger partial charge >= 0.3 is 0 Å². The second-order valence-corrected chi connectivity index (χ2v) is 5.86. The summed E-state index contributed by atoms with van der Waals surface area (Å²) >= 11 is 0. The first-order chi connectivity index (χ1) is 9.63. The molecule has 1 atom stereocenters. The molecule has 0 amide bonds. The van der Waals surface area contributed by atoms with E-state index >= 15 is 0 Å². The van der Waals surface area contributed by atoms with Crippen LogP contribution in [0.1, 0.15) is 56.2 Å². The van der Waals surface area contributed by atoms with Crippen LogP contribution < -0.4 is 5.32 Å². The summed E-state index contributed by atoms with van der Waals surface area (Å²) in [5.74, 6) is -0.168. The second-order valence-electron chi connectivity index (χ2n) is 5.86. The molecule has 0 saturated heterocycles. The average Bonchev–Trinajstić information content (AvgIpc) is 2.93. The highest BCUT2D eigenvalue weighted by Crippen LogP contribution is 2.43. The van der Waals surface area contributed by atoms with Gasteiger partial charge < -0.3 is 10.1 Å². The maximum atomic E-state index is 13.7. The standard InChI is InChI=1S/C17H26FNO/c1-4-11-19-16(17(20-3)9-5-6-10-17)15-12-14(18)8-7-13(15)2/h7-8,12,16,19H,4-6,9-11H2,1-3H3. The van der Waals surface area contributed by atoms with E-state index in [2.05, 4.69) is 12.2 Å². The van der Waals surface area contributed by atoms with Crippen LogP contribution in [-0.2, 0) is 4.74 Å². The molecular weight excluding hydrogens is 253 g/mol. The molecule has 1 aromatic carbocycles. The van der Waals surface area contributed by atoms with Crippen molar-refractivity contribution in [2.45, 2.75) is 57.6 Å². The summed E-state index contributed by atoms with van der Waals surface area (Å²) in [4.78, 5) is 0. The maximum Gasteiger partial charge on any atom is 0.123 e. The monoisotopic (exact) mass is 279 g/mol. The largest absolute Gasteiger partial charge is 0.376 e. The highest BCUT2D eigenvalue weighted by molar-refractivity contribution is 5.32. The zero-order valence-corrected chi connectivity index (χ0v) is 12.8. The molecule has 1 aliphatic carbocycles. The highest BCUT2D eigenvalue weighted by atomic mass is 19.1. The van der Waals surface area contributed by atoms with Crippen molar-refractivity contribution in [2.75, 3.05) is 13.7 Å². The number of rotatable bonds is 6.